The molecule has 35 heavy (non-hydrogen) atoms. The lowest BCUT2D eigenvalue weighted by molar-refractivity contribution is 0.0939. The fourth-order valence-electron chi connectivity index (χ4n) is 4.54. The van der Waals surface area contributed by atoms with Crippen LogP contribution >= 0.6 is 0 Å². The molecule has 0 bridgehead atoms. The van der Waals surface area contributed by atoms with Crippen LogP contribution in [0.15, 0.2) is 79.0 Å². The van der Waals surface area contributed by atoms with Gasteiger partial charge in [0.05, 0.1) is 30.3 Å². The Balaban J connectivity index is 1.31. The number of anilines is 1. The predicted molar refractivity (Wildman–Crippen MR) is 134 cm³/mol. The van der Waals surface area contributed by atoms with E-state index in [0.717, 1.165) is 45.9 Å². The van der Waals surface area contributed by atoms with Crippen molar-refractivity contribution in [2.24, 2.45) is 0 Å². The molecule has 0 spiro atoms. The van der Waals surface area contributed by atoms with Crippen molar-refractivity contribution in [3.63, 3.8) is 0 Å². The van der Waals surface area contributed by atoms with Crippen molar-refractivity contribution < 1.29 is 14.3 Å². The number of carbonyl (C=O) groups is 2. The molecule has 7 nitrogen and oxygen atoms in total. The van der Waals surface area contributed by atoms with E-state index in [9.17, 15) is 9.59 Å². The first kappa shape index (κ1) is 22.4. The Kier molecular flexibility index (Phi) is 6.06. The first-order chi connectivity index (χ1) is 17.0. The van der Waals surface area contributed by atoms with Gasteiger partial charge in [0.1, 0.15) is 5.75 Å². The van der Waals surface area contributed by atoms with Crippen molar-refractivity contribution in [1.82, 2.24) is 15.1 Å². The Labute approximate surface area is 203 Å². The maximum absolute atomic E-state index is 13.0. The van der Waals surface area contributed by atoms with Crippen molar-refractivity contribution in [2.45, 2.75) is 19.3 Å². The van der Waals surface area contributed by atoms with E-state index in [-0.39, 0.29) is 17.7 Å². The van der Waals surface area contributed by atoms with E-state index in [4.69, 9.17) is 4.74 Å². The lowest BCUT2D eigenvalue weighted by Gasteiger charge is -2.26. The van der Waals surface area contributed by atoms with Crippen LogP contribution in [0, 0.1) is 6.92 Å². The average Bonchev–Trinajstić information content (AvgIpc) is 3.27. The number of nitrogens with zero attached hydrogens (tertiary/aromatic N) is 2. The molecule has 176 valence electrons. The van der Waals surface area contributed by atoms with Gasteiger partial charge in [-0.25, -0.2) is 4.68 Å². The van der Waals surface area contributed by atoms with Crippen molar-refractivity contribution in [3.8, 4) is 11.4 Å². The normalized spacial score (nSPS) is 14.7. The molecule has 0 fully saturated rings. The SMILES string of the molecule is COc1ccc(-n2ncc(C(=O)Nc3cccc(CC4CNC(=O)c5ccccc54)c3)c2C)cc1. The quantitative estimate of drug-likeness (QED) is 0.438. The van der Waals surface area contributed by atoms with Gasteiger partial charge in [0.15, 0.2) is 0 Å². The minimum Gasteiger partial charge on any atom is -0.497 e. The molecule has 0 saturated carbocycles. The fraction of sp³-hybridized carbons (Fsp3) is 0.179. The Hall–Kier alpha value is -4.39. The van der Waals surface area contributed by atoms with Crippen LogP contribution < -0.4 is 15.4 Å². The number of rotatable bonds is 6. The zero-order chi connectivity index (χ0) is 24.4. The summed E-state index contributed by atoms with van der Waals surface area (Å²) in [7, 11) is 1.62. The summed E-state index contributed by atoms with van der Waals surface area (Å²) in [6.07, 6.45) is 2.34. The van der Waals surface area contributed by atoms with Gasteiger partial charge in [0.25, 0.3) is 11.8 Å². The number of nitrogens with one attached hydrogen (secondary N) is 2. The standard InChI is InChI=1S/C28H26N4O3/c1-18-26(17-30-32(18)22-10-12-23(35-2)13-11-22)28(34)31-21-7-5-6-19(15-21)14-20-16-29-27(33)25-9-4-3-8-24(20)25/h3-13,15,17,20H,14,16H2,1-2H3,(H,29,33)(H,31,34). The summed E-state index contributed by atoms with van der Waals surface area (Å²) >= 11 is 0. The molecular formula is C28H26N4O3. The first-order valence-corrected chi connectivity index (χ1v) is 11.5. The molecule has 1 unspecified atom stereocenters. The molecule has 4 aromatic rings. The molecular weight excluding hydrogens is 440 g/mol. The number of benzene rings is 3. The number of aromatic nitrogens is 2. The predicted octanol–water partition coefficient (Wildman–Crippen LogP) is 4.51. The van der Waals surface area contributed by atoms with Gasteiger partial charge < -0.3 is 15.4 Å². The van der Waals surface area contributed by atoms with E-state index in [1.54, 1.807) is 18.0 Å². The lowest BCUT2D eigenvalue weighted by atomic mass is 9.86. The molecule has 7 heteroatoms. The maximum atomic E-state index is 13.0. The van der Waals surface area contributed by atoms with Gasteiger partial charge >= 0.3 is 0 Å². The number of ether oxygens (including phenoxy) is 1. The Bertz CT molecular complexity index is 1390. The molecule has 3 aromatic carbocycles. The van der Waals surface area contributed by atoms with Crippen molar-refractivity contribution in [1.29, 1.82) is 0 Å². The van der Waals surface area contributed by atoms with Crippen LogP contribution in [0.25, 0.3) is 5.69 Å². The van der Waals surface area contributed by atoms with E-state index >= 15 is 0 Å². The molecule has 2 amide bonds. The summed E-state index contributed by atoms with van der Waals surface area (Å²) in [6.45, 7) is 2.47. The molecule has 2 N–H and O–H groups in total. The van der Waals surface area contributed by atoms with Crippen LogP contribution in [-0.2, 0) is 6.42 Å². The molecule has 0 aliphatic carbocycles. The molecule has 1 aromatic heterocycles. The molecule has 1 aliphatic rings. The highest BCUT2D eigenvalue weighted by molar-refractivity contribution is 6.05. The van der Waals surface area contributed by atoms with Gasteiger partial charge in [-0.3, -0.25) is 9.59 Å². The zero-order valence-electron chi connectivity index (χ0n) is 19.6. The number of hydrogen-bond acceptors (Lipinski definition) is 4. The summed E-state index contributed by atoms with van der Waals surface area (Å²) in [4.78, 5) is 25.2. The van der Waals surface area contributed by atoms with Gasteiger partial charge in [-0.05, 0) is 66.9 Å². The molecule has 0 radical (unpaired) electrons. The minimum atomic E-state index is -0.213. The minimum absolute atomic E-state index is 0.0246. The van der Waals surface area contributed by atoms with E-state index in [2.05, 4.69) is 15.7 Å². The van der Waals surface area contributed by atoms with Crippen molar-refractivity contribution in [3.05, 3.63) is 107 Å². The molecule has 5 rings (SSSR count). The second kappa shape index (κ2) is 9.46. The van der Waals surface area contributed by atoms with Gasteiger partial charge in [-0.1, -0.05) is 30.3 Å². The van der Waals surface area contributed by atoms with Crippen LogP contribution in [0.3, 0.4) is 0 Å². The van der Waals surface area contributed by atoms with E-state index in [1.165, 1.54) is 0 Å². The Morgan fingerprint density at radius 2 is 1.91 bits per heavy atom. The van der Waals surface area contributed by atoms with Gasteiger partial charge in [-0.15, -0.1) is 0 Å². The van der Waals surface area contributed by atoms with Crippen LogP contribution in [0.2, 0.25) is 0 Å². The molecule has 0 saturated heterocycles. The number of hydrogen-bond donors (Lipinski definition) is 2. The van der Waals surface area contributed by atoms with E-state index in [0.29, 0.717) is 12.1 Å². The monoisotopic (exact) mass is 466 g/mol. The highest BCUT2D eigenvalue weighted by Gasteiger charge is 2.25. The number of methoxy groups -OCH3 is 1. The zero-order valence-corrected chi connectivity index (χ0v) is 19.6. The maximum Gasteiger partial charge on any atom is 0.259 e. The summed E-state index contributed by atoms with van der Waals surface area (Å²) < 4.78 is 6.95. The van der Waals surface area contributed by atoms with E-state index in [1.807, 2.05) is 79.7 Å². The highest BCUT2D eigenvalue weighted by atomic mass is 16.5. The second-order valence-corrected chi connectivity index (χ2v) is 8.61. The van der Waals surface area contributed by atoms with E-state index < -0.39 is 0 Å². The average molecular weight is 467 g/mol. The smallest absolute Gasteiger partial charge is 0.259 e. The Morgan fingerprint density at radius 1 is 1.11 bits per heavy atom. The Morgan fingerprint density at radius 3 is 2.71 bits per heavy atom. The fourth-order valence-corrected chi connectivity index (χ4v) is 4.54. The summed E-state index contributed by atoms with van der Waals surface area (Å²) in [5, 5.41) is 10.4. The third-order valence-electron chi connectivity index (χ3n) is 6.39. The van der Waals surface area contributed by atoms with Crippen LogP contribution in [0.1, 0.15) is 43.5 Å². The van der Waals surface area contributed by atoms with Crippen LogP contribution in [-0.4, -0.2) is 35.2 Å². The number of fused-ring (bicyclic) bond motifs is 1. The first-order valence-electron chi connectivity index (χ1n) is 11.5. The van der Waals surface area contributed by atoms with Crippen LogP contribution in [0.5, 0.6) is 5.75 Å². The summed E-state index contributed by atoms with van der Waals surface area (Å²) in [5.41, 5.74) is 5.71. The topological polar surface area (TPSA) is 85.2 Å². The van der Waals surface area contributed by atoms with Gasteiger partial charge in [0, 0.05) is 23.7 Å². The molecule has 1 atom stereocenters. The third-order valence-corrected chi connectivity index (χ3v) is 6.39. The summed E-state index contributed by atoms with van der Waals surface area (Å²) in [6, 6.07) is 23.1. The van der Waals surface area contributed by atoms with Gasteiger partial charge in [-0.2, -0.15) is 5.10 Å². The molecule has 1 aliphatic heterocycles. The summed E-state index contributed by atoms with van der Waals surface area (Å²) in [5.74, 6) is 0.702. The number of amides is 2. The lowest BCUT2D eigenvalue weighted by Crippen LogP contribution is -2.35. The van der Waals surface area contributed by atoms with Gasteiger partial charge in [0.2, 0.25) is 0 Å². The largest absolute Gasteiger partial charge is 0.497 e. The molecule has 2 heterocycles. The number of carbonyl (C=O) groups excluding carboxylic acids is 2. The second-order valence-electron chi connectivity index (χ2n) is 8.61. The van der Waals surface area contributed by atoms with Crippen molar-refractivity contribution in [2.75, 3.05) is 19.0 Å². The third kappa shape index (κ3) is 4.53. The van der Waals surface area contributed by atoms with Crippen LogP contribution in [0.4, 0.5) is 5.69 Å². The van der Waals surface area contributed by atoms with Crippen molar-refractivity contribution >= 4 is 17.5 Å². The highest BCUT2D eigenvalue weighted by Crippen LogP contribution is 2.28.